The van der Waals surface area contributed by atoms with Gasteiger partial charge in [0.05, 0.1) is 7.11 Å². The van der Waals surface area contributed by atoms with Crippen molar-refractivity contribution >= 4 is 10.0 Å². The summed E-state index contributed by atoms with van der Waals surface area (Å²) in [4.78, 5) is 2.64. The van der Waals surface area contributed by atoms with Gasteiger partial charge >= 0.3 is 0 Å². The molecule has 1 aliphatic carbocycles. The van der Waals surface area contributed by atoms with Gasteiger partial charge in [-0.2, -0.15) is 4.31 Å². The smallest absolute Gasteiger partial charge is 0.246 e. The van der Waals surface area contributed by atoms with Crippen molar-refractivity contribution in [3.8, 4) is 5.75 Å². The third kappa shape index (κ3) is 3.95. The minimum Gasteiger partial charge on any atom is -0.495 e. The maximum absolute atomic E-state index is 13.3. The number of sulfonamides is 1. The standard InChI is InChI=1S/C22H28N2O3S/c1-27-21-15-19-9-5-6-10-20(19)16-22(21)28(25,26)24-13-11-23(12-14-24)17-18-7-3-2-4-8-18/h2-4,7-8,15-16H,5-6,9-14,17H2,1H3. The monoisotopic (exact) mass is 400 g/mol. The van der Waals surface area contributed by atoms with Gasteiger partial charge in [0.25, 0.3) is 0 Å². The maximum Gasteiger partial charge on any atom is 0.246 e. The average molecular weight is 401 g/mol. The van der Waals surface area contributed by atoms with Crippen molar-refractivity contribution in [3.63, 3.8) is 0 Å². The number of ether oxygens (including phenoxy) is 1. The number of piperazine rings is 1. The molecule has 0 atom stereocenters. The summed E-state index contributed by atoms with van der Waals surface area (Å²) >= 11 is 0. The highest BCUT2D eigenvalue weighted by atomic mass is 32.2. The van der Waals surface area contributed by atoms with Crippen LogP contribution in [0.3, 0.4) is 0 Å². The predicted molar refractivity (Wildman–Crippen MR) is 110 cm³/mol. The van der Waals surface area contributed by atoms with E-state index in [9.17, 15) is 8.42 Å². The SMILES string of the molecule is COc1cc2c(cc1S(=O)(=O)N1CCN(Cc3ccccc3)CC1)CCCC2. The molecule has 0 saturated carbocycles. The molecule has 2 aromatic carbocycles. The Kier molecular flexibility index (Phi) is 5.71. The van der Waals surface area contributed by atoms with Crippen LogP contribution in [0.5, 0.6) is 5.75 Å². The van der Waals surface area contributed by atoms with E-state index in [0.29, 0.717) is 23.7 Å². The molecule has 6 heteroatoms. The molecular formula is C22H28N2O3S. The highest BCUT2D eigenvalue weighted by molar-refractivity contribution is 7.89. The first-order valence-corrected chi connectivity index (χ1v) is 11.5. The van der Waals surface area contributed by atoms with Crippen molar-refractivity contribution in [3.05, 3.63) is 59.2 Å². The number of methoxy groups -OCH3 is 1. The van der Waals surface area contributed by atoms with Gasteiger partial charge in [0.15, 0.2) is 0 Å². The molecule has 0 unspecified atom stereocenters. The fourth-order valence-electron chi connectivity index (χ4n) is 4.21. The van der Waals surface area contributed by atoms with E-state index in [1.807, 2.05) is 30.3 Å². The summed E-state index contributed by atoms with van der Waals surface area (Å²) in [5.74, 6) is 0.479. The van der Waals surface area contributed by atoms with Gasteiger partial charge in [0, 0.05) is 32.7 Å². The third-order valence-electron chi connectivity index (χ3n) is 5.83. The van der Waals surface area contributed by atoms with Crippen LogP contribution in [0.2, 0.25) is 0 Å². The number of hydrogen-bond donors (Lipinski definition) is 0. The van der Waals surface area contributed by atoms with Gasteiger partial charge in [-0.1, -0.05) is 30.3 Å². The Hall–Kier alpha value is -1.89. The van der Waals surface area contributed by atoms with Crippen molar-refractivity contribution in [2.75, 3.05) is 33.3 Å². The van der Waals surface area contributed by atoms with Crippen molar-refractivity contribution in [2.45, 2.75) is 37.1 Å². The van der Waals surface area contributed by atoms with Crippen molar-refractivity contribution < 1.29 is 13.2 Å². The van der Waals surface area contributed by atoms with Gasteiger partial charge in [0.2, 0.25) is 10.0 Å². The zero-order chi connectivity index (χ0) is 19.6. The van der Waals surface area contributed by atoms with E-state index in [1.54, 1.807) is 11.4 Å². The summed E-state index contributed by atoms with van der Waals surface area (Å²) in [5.41, 5.74) is 3.65. The summed E-state index contributed by atoms with van der Waals surface area (Å²) < 4.78 is 33.8. The van der Waals surface area contributed by atoms with Crippen LogP contribution < -0.4 is 4.74 Å². The molecule has 2 aliphatic rings. The van der Waals surface area contributed by atoms with Crippen LogP contribution in [0.4, 0.5) is 0 Å². The summed E-state index contributed by atoms with van der Waals surface area (Å²) in [6.45, 7) is 3.35. The number of rotatable bonds is 5. The molecule has 4 rings (SSSR count). The maximum atomic E-state index is 13.3. The van der Waals surface area contributed by atoms with Crippen LogP contribution in [-0.2, 0) is 29.4 Å². The van der Waals surface area contributed by atoms with Crippen LogP contribution in [-0.4, -0.2) is 50.9 Å². The zero-order valence-corrected chi connectivity index (χ0v) is 17.2. The van der Waals surface area contributed by atoms with Crippen LogP contribution in [0.1, 0.15) is 29.5 Å². The first-order valence-electron chi connectivity index (χ1n) is 10.0. The molecule has 0 N–H and O–H groups in total. The molecule has 28 heavy (non-hydrogen) atoms. The molecule has 0 spiro atoms. The Bertz CT molecular complexity index is 920. The van der Waals surface area contributed by atoms with Gasteiger partial charge < -0.3 is 4.74 Å². The van der Waals surface area contributed by atoms with Crippen LogP contribution in [0.15, 0.2) is 47.4 Å². The number of fused-ring (bicyclic) bond motifs is 1. The molecule has 0 radical (unpaired) electrons. The van der Waals surface area contributed by atoms with Gasteiger partial charge in [0.1, 0.15) is 10.6 Å². The van der Waals surface area contributed by atoms with Crippen molar-refractivity contribution in [2.24, 2.45) is 0 Å². The van der Waals surface area contributed by atoms with Gasteiger partial charge in [-0.05, 0) is 54.5 Å². The quantitative estimate of drug-likeness (QED) is 0.774. The molecule has 150 valence electrons. The Morgan fingerprint density at radius 1 is 0.929 bits per heavy atom. The number of aryl methyl sites for hydroxylation is 2. The fraction of sp³-hybridized carbons (Fsp3) is 0.455. The highest BCUT2D eigenvalue weighted by Crippen LogP contribution is 2.33. The largest absolute Gasteiger partial charge is 0.495 e. The van der Waals surface area contributed by atoms with E-state index in [0.717, 1.165) is 50.9 Å². The molecular weight excluding hydrogens is 372 g/mol. The van der Waals surface area contributed by atoms with Crippen LogP contribution in [0.25, 0.3) is 0 Å². The molecule has 5 nitrogen and oxygen atoms in total. The normalized spacial score (nSPS) is 18.6. The second kappa shape index (κ2) is 8.23. The minimum atomic E-state index is -3.55. The first kappa shape index (κ1) is 19.4. The van der Waals surface area contributed by atoms with Crippen LogP contribution >= 0.6 is 0 Å². The van der Waals surface area contributed by atoms with Gasteiger partial charge in [-0.15, -0.1) is 0 Å². The van der Waals surface area contributed by atoms with Gasteiger partial charge in [-0.25, -0.2) is 8.42 Å². The Balaban J connectivity index is 1.50. The molecule has 0 aromatic heterocycles. The number of nitrogens with zero attached hydrogens (tertiary/aromatic N) is 2. The second-order valence-electron chi connectivity index (χ2n) is 7.64. The average Bonchev–Trinajstić information content (AvgIpc) is 2.74. The fourth-order valence-corrected chi connectivity index (χ4v) is 5.82. The summed E-state index contributed by atoms with van der Waals surface area (Å²) in [7, 11) is -2.00. The molecule has 1 fully saturated rings. The molecule has 1 aliphatic heterocycles. The van der Waals surface area contributed by atoms with Crippen LogP contribution in [0, 0.1) is 0 Å². The summed E-state index contributed by atoms with van der Waals surface area (Å²) in [6.07, 6.45) is 4.24. The summed E-state index contributed by atoms with van der Waals surface area (Å²) in [6, 6.07) is 14.1. The van der Waals surface area contributed by atoms with E-state index in [4.69, 9.17) is 4.74 Å². The lowest BCUT2D eigenvalue weighted by atomic mass is 9.92. The van der Waals surface area contributed by atoms with E-state index >= 15 is 0 Å². The first-order chi connectivity index (χ1) is 13.6. The van der Waals surface area contributed by atoms with E-state index in [2.05, 4.69) is 17.0 Å². The zero-order valence-electron chi connectivity index (χ0n) is 16.4. The molecule has 1 saturated heterocycles. The molecule has 0 bridgehead atoms. The lowest BCUT2D eigenvalue weighted by Gasteiger charge is -2.34. The lowest BCUT2D eigenvalue weighted by molar-refractivity contribution is 0.181. The van der Waals surface area contributed by atoms with Crippen molar-refractivity contribution in [1.82, 2.24) is 9.21 Å². The second-order valence-corrected chi connectivity index (χ2v) is 9.55. The molecule has 2 aromatic rings. The van der Waals surface area contributed by atoms with E-state index in [1.165, 1.54) is 11.1 Å². The summed E-state index contributed by atoms with van der Waals surface area (Å²) in [5, 5.41) is 0. The van der Waals surface area contributed by atoms with Crippen molar-refractivity contribution in [1.29, 1.82) is 0 Å². The minimum absolute atomic E-state index is 0.326. The predicted octanol–water partition coefficient (Wildman–Crippen LogP) is 3.08. The highest BCUT2D eigenvalue weighted by Gasteiger charge is 2.32. The molecule has 0 amide bonds. The van der Waals surface area contributed by atoms with Gasteiger partial charge in [-0.3, -0.25) is 4.90 Å². The lowest BCUT2D eigenvalue weighted by Crippen LogP contribution is -2.48. The Morgan fingerprint density at radius 2 is 1.57 bits per heavy atom. The van der Waals surface area contributed by atoms with E-state index in [-0.39, 0.29) is 0 Å². The number of hydrogen-bond acceptors (Lipinski definition) is 4. The Labute approximate surface area is 168 Å². The third-order valence-corrected chi connectivity index (χ3v) is 7.75. The topological polar surface area (TPSA) is 49.9 Å². The van der Waals surface area contributed by atoms with E-state index < -0.39 is 10.0 Å². The Morgan fingerprint density at radius 3 is 2.21 bits per heavy atom. The number of benzene rings is 2. The molecule has 1 heterocycles.